The molecule has 2 nitrogen and oxygen atoms in total. The van der Waals surface area contributed by atoms with Gasteiger partial charge in [-0.1, -0.05) is 23.2 Å². The number of hydrogen-bond donors (Lipinski definition) is 1. The van der Waals surface area contributed by atoms with E-state index in [0.717, 1.165) is 5.56 Å². The molecule has 0 aliphatic rings. The van der Waals surface area contributed by atoms with E-state index in [1.54, 1.807) is 19.2 Å². The van der Waals surface area contributed by atoms with Crippen molar-refractivity contribution in [2.75, 3.05) is 20.7 Å². The lowest BCUT2D eigenvalue weighted by Crippen LogP contribution is -2.18. The van der Waals surface area contributed by atoms with Gasteiger partial charge in [-0.05, 0) is 25.2 Å². The molecule has 0 heterocycles. The summed E-state index contributed by atoms with van der Waals surface area (Å²) < 4.78 is 5.31. The van der Waals surface area contributed by atoms with Crippen molar-refractivity contribution in [3.05, 3.63) is 33.8 Å². The second kappa shape index (κ2) is 5.56. The van der Waals surface area contributed by atoms with Crippen LogP contribution >= 0.6 is 23.2 Å². The number of nitrogens with one attached hydrogen (secondary N) is 1. The first-order valence-corrected chi connectivity index (χ1v) is 5.07. The molecule has 0 unspecified atom stereocenters. The van der Waals surface area contributed by atoms with Crippen molar-refractivity contribution >= 4 is 23.2 Å². The highest BCUT2D eigenvalue weighted by molar-refractivity contribution is 6.33. The van der Waals surface area contributed by atoms with Crippen LogP contribution in [0.1, 0.15) is 11.7 Å². The molecule has 0 aromatic heterocycles. The summed E-state index contributed by atoms with van der Waals surface area (Å²) >= 11 is 11.9. The van der Waals surface area contributed by atoms with Crippen LogP contribution in [0.15, 0.2) is 18.2 Å². The fourth-order valence-corrected chi connectivity index (χ4v) is 1.69. The van der Waals surface area contributed by atoms with E-state index < -0.39 is 0 Å². The average Bonchev–Trinajstić information content (AvgIpc) is 2.18. The van der Waals surface area contributed by atoms with Crippen LogP contribution in [0.3, 0.4) is 0 Å². The second-order valence-electron chi connectivity index (χ2n) is 2.95. The van der Waals surface area contributed by atoms with Crippen LogP contribution < -0.4 is 5.32 Å². The highest BCUT2D eigenvalue weighted by Crippen LogP contribution is 2.27. The molecule has 0 amide bonds. The highest BCUT2D eigenvalue weighted by Gasteiger charge is 2.13. The van der Waals surface area contributed by atoms with Crippen molar-refractivity contribution in [2.24, 2.45) is 0 Å². The molecule has 1 aromatic rings. The number of rotatable bonds is 4. The fraction of sp³-hybridized carbons (Fsp3) is 0.400. The Bertz CT molecular complexity index is 304. The minimum absolute atomic E-state index is 0.0637. The summed E-state index contributed by atoms with van der Waals surface area (Å²) in [5, 5.41) is 4.38. The zero-order chi connectivity index (χ0) is 10.6. The van der Waals surface area contributed by atoms with E-state index in [9.17, 15) is 0 Å². The number of hydrogen-bond acceptors (Lipinski definition) is 2. The lowest BCUT2D eigenvalue weighted by atomic mass is 10.1. The molecule has 14 heavy (non-hydrogen) atoms. The first-order valence-electron chi connectivity index (χ1n) is 4.31. The predicted octanol–water partition coefficient (Wildman–Crippen LogP) is 2.90. The molecule has 0 fully saturated rings. The van der Waals surface area contributed by atoms with Crippen LogP contribution in [0.4, 0.5) is 0 Å². The Kier molecular flexibility index (Phi) is 4.69. The third-order valence-electron chi connectivity index (χ3n) is 1.98. The van der Waals surface area contributed by atoms with Gasteiger partial charge in [0.1, 0.15) is 0 Å². The molecule has 0 saturated heterocycles. The highest BCUT2D eigenvalue weighted by atomic mass is 35.5. The van der Waals surface area contributed by atoms with Crippen molar-refractivity contribution in [2.45, 2.75) is 6.10 Å². The van der Waals surface area contributed by atoms with Gasteiger partial charge in [0.15, 0.2) is 0 Å². The molecule has 0 aliphatic heterocycles. The van der Waals surface area contributed by atoms with Gasteiger partial charge in [0, 0.05) is 29.3 Å². The molecule has 0 saturated carbocycles. The van der Waals surface area contributed by atoms with E-state index in [1.807, 2.05) is 13.1 Å². The third kappa shape index (κ3) is 2.85. The summed E-state index contributed by atoms with van der Waals surface area (Å²) in [6.45, 7) is 0.705. The van der Waals surface area contributed by atoms with Crippen molar-refractivity contribution < 1.29 is 4.74 Å². The van der Waals surface area contributed by atoms with Crippen LogP contribution in [0.25, 0.3) is 0 Å². The maximum absolute atomic E-state index is 6.04. The van der Waals surface area contributed by atoms with Gasteiger partial charge in [0.2, 0.25) is 0 Å². The summed E-state index contributed by atoms with van der Waals surface area (Å²) in [4.78, 5) is 0. The van der Waals surface area contributed by atoms with E-state index >= 15 is 0 Å². The molecular formula is C10H13Cl2NO. The van der Waals surface area contributed by atoms with Crippen molar-refractivity contribution in [1.82, 2.24) is 5.32 Å². The maximum Gasteiger partial charge on any atom is 0.0960 e. The maximum atomic E-state index is 6.04. The van der Waals surface area contributed by atoms with E-state index in [4.69, 9.17) is 27.9 Å². The van der Waals surface area contributed by atoms with Gasteiger partial charge in [-0.2, -0.15) is 0 Å². The quantitative estimate of drug-likeness (QED) is 0.864. The van der Waals surface area contributed by atoms with Gasteiger partial charge in [0.25, 0.3) is 0 Å². The molecule has 1 rings (SSSR count). The largest absolute Gasteiger partial charge is 0.375 e. The van der Waals surface area contributed by atoms with Gasteiger partial charge < -0.3 is 10.1 Å². The van der Waals surface area contributed by atoms with Crippen LogP contribution in [0.5, 0.6) is 0 Å². The molecule has 0 aliphatic carbocycles. The molecule has 1 atom stereocenters. The average molecular weight is 234 g/mol. The number of ether oxygens (including phenoxy) is 1. The monoisotopic (exact) mass is 233 g/mol. The van der Waals surface area contributed by atoms with Crippen molar-refractivity contribution in [3.8, 4) is 0 Å². The number of likely N-dealkylation sites (N-methyl/N-ethyl adjacent to an activating group) is 1. The Balaban J connectivity index is 2.96. The van der Waals surface area contributed by atoms with Gasteiger partial charge in [-0.25, -0.2) is 0 Å². The Hall–Kier alpha value is -0.280. The van der Waals surface area contributed by atoms with Crippen molar-refractivity contribution in [3.63, 3.8) is 0 Å². The smallest absolute Gasteiger partial charge is 0.0960 e. The van der Waals surface area contributed by atoms with Gasteiger partial charge in [-0.3, -0.25) is 0 Å². The Morgan fingerprint density at radius 1 is 1.43 bits per heavy atom. The molecule has 4 heteroatoms. The fourth-order valence-electron chi connectivity index (χ4n) is 1.27. The summed E-state index contributed by atoms with van der Waals surface area (Å²) in [5.41, 5.74) is 0.913. The molecular weight excluding hydrogens is 221 g/mol. The first kappa shape index (κ1) is 11.8. The summed E-state index contributed by atoms with van der Waals surface area (Å²) in [7, 11) is 3.52. The molecule has 0 bridgehead atoms. The standard InChI is InChI=1S/C10H13Cl2NO/c1-13-6-10(14-2)8-5-7(11)3-4-9(8)12/h3-5,10,13H,6H2,1-2H3/t10-/m1/s1. The van der Waals surface area contributed by atoms with Gasteiger partial charge >= 0.3 is 0 Å². The van der Waals surface area contributed by atoms with Crippen LogP contribution in [-0.2, 0) is 4.74 Å². The number of methoxy groups -OCH3 is 1. The summed E-state index contributed by atoms with van der Waals surface area (Å²) in [6.07, 6.45) is -0.0637. The SMILES string of the molecule is CNC[C@@H](OC)c1cc(Cl)ccc1Cl. The molecule has 0 spiro atoms. The van der Waals surface area contributed by atoms with Gasteiger partial charge in [0.05, 0.1) is 6.10 Å². The summed E-state index contributed by atoms with van der Waals surface area (Å²) in [6, 6.07) is 5.37. The Labute approximate surface area is 94.2 Å². The van der Waals surface area contributed by atoms with Crippen molar-refractivity contribution in [1.29, 1.82) is 0 Å². The third-order valence-corrected chi connectivity index (χ3v) is 2.56. The Morgan fingerprint density at radius 2 is 2.14 bits per heavy atom. The van der Waals surface area contributed by atoms with E-state index in [0.29, 0.717) is 16.6 Å². The second-order valence-corrected chi connectivity index (χ2v) is 3.79. The molecule has 78 valence electrons. The first-order chi connectivity index (χ1) is 6.69. The van der Waals surface area contributed by atoms with Crippen LogP contribution in [-0.4, -0.2) is 20.7 Å². The van der Waals surface area contributed by atoms with E-state index in [-0.39, 0.29) is 6.10 Å². The summed E-state index contributed by atoms with van der Waals surface area (Å²) in [5.74, 6) is 0. The van der Waals surface area contributed by atoms with Crippen LogP contribution in [0, 0.1) is 0 Å². The Morgan fingerprint density at radius 3 is 2.71 bits per heavy atom. The lowest BCUT2D eigenvalue weighted by molar-refractivity contribution is 0.104. The zero-order valence-corrected chi connectivity index (χ0v) is 9.69. The normalized spacial score (nSPS) is 12.9. The van der Waals surface area contributed by atoms with Crippen LogP contribution in [0.2, 0.25) is 10.0 Å². The molecule has 0 radical (unpaired) electrons. The topological polar surface area (TPSA) is 21.3 Å². The molecule has 1 aromatic carbocycles. The number of halogens is 2. The molecule has 1 N–H and O–H groups in total. The zero-order valence-electron chi connectivity index (χ0n) is 8.18. The van der Waals surface area contributed by atoms with Gasteiger partial charge in [-0.15, -0.1) is 0 Å². The number of benzene rings is 1. The minimum Gasteiger partial charge on any atom is -0.375 e. The predicted molar refractivity (Wildman–Crippen MR) is 60.1 cm³/mol. The lowest BCUT2D eigenvalue weighted by Gasteiger charge is -2.16. The van der Waals surface area contributed by atoms with E-state index in [2.05, 4.69) is 5.32 Å². The van der Waals surface area contributed by atoms with E-state index in [1.165, 1.54) is 0 Å². The minimum atomic E-state index is -0.0637.